The van der Waals surface area contributed by atoms with E-state index in [9.17, 15) is 9.90 Å². The summed E-state index contributed by atoms with van der Waals surface area (Å²) in [5.74, 6) is 1.60. The molecule has 0 aliphatic heterocycles. The summed E-state index contributed by atoms with van der Waals surface area (Å²) >= 11 is 0. The van der Waals surface area contributed by atoms with E-state index in [0.717, 1.165) is 0 Å². The van der Waals surface area contributed by atoms with Gasteiger partial charge in [-0.15, -0.1) is 0 Å². The Kier molecular flexibility index (Phi) is 7.29. The molecule has 0 bridgehead atoms. The summed E-state index contributed by atoms with van der Waals surface area (Å²) in [6.45, 7) is 2.40. The van der Waals surface area contributed by atoms with E-state index in [1.807, 2.05) is 19.1 Å². The SMILES string of the molecule is CCOc1ccccc1NC(=O)CCC(O)c1ccc(OC)cc1OC. The summed E-state index contributed by atoms with van der Waals surface area (Å²) in [6.07, 6.45) is -0.383. The van der Waals surface area contributed by atoms with Crippen molar-refractivity contribution in [3.05, 3.63) is 48.0 Å². The quantitative estimate of drug-likeness (QED) is 0.716. The van der Waals surface area contributed by atoms with E-state index in [1.165, 1.54) is 7.11 Å². The first kappa shape index (κ1) is 19.6. The Hall–Kier alpha value is -2.73. The van der Waals surface area contributed by atoms with Crippen LogP contribution in [0.4, 0.5) is 5.69 Å². The van der Waals surface area contributed by atoms with Gasteiger partial charge in [0.25, 0.3) is 0 Å². The van der Waals surface area contributed by atoms with Crippen molar-refractivity contribution in [2.45, 2.75) is 25.9 Å². The number of aliphatic hydroxyl groups excluding tert-OH is 1. The summed E-state index contributed by atoms with van der Waals surface area (Å²) in [7, 11) is 3.09. The molecule has 1 unspecified atom stereocenters. The third-order valence-corrected chi connectivity index (χ3v) is 3.91. The fraction of sp³-hybridized carbons (Fsp3) is 0.350. The molecular weight excluding hydrogens is 334 g/mol. The number of para-hydroxylation sites is 2. The monoisotopic (exact) mass is 359 g/mol. The topological polar surface area (TPSA) is 77.0 Å². The second kappa shape index (κ2) is 9.68. The van der Waals surface area contributed by atoms with Crippen LogP contribution < -0.4 is 19.5 Å². The van der Waals surface area contributed by atoms with Crippen molar-refractivity contribution < 1.29 is 24.1 Å². The minimum Gasteiger partial charge on any atom is -0.497 e. The summed E-state index contributed by atoms with van der Waals surface area (Å²) in [5.41, 5.74) is 1.24. The van der Waals surface area contributed by atoms with Crippen LogP contribution in [0.2, 0.25) is 0 Å². The molecule has 0 spiro atoms. The normalized spacial score (nSPS) is 11.5. The maximum atomic E-state index is 12.2. The van der Waals surface area contributed by atoms with Crippen molar-refractivity contribution in [1.29, 1.82) is 0 Å². The van der Waals surface area contributed by atoms with E-state index >= 15 is 0 Å². The number of nitrogens with one attached hydrogen (secondary N) is 1. The fourth-order valence-electron chi connectivity index (χ4n) is 2.58. The van der Waals surface area contributed by atoms with Crippen LogP contribution in [0, 0.1) is 0 Å². The predicted octanol–water partition coefficient (Wildman–Crippen LogP) is 3.55. The molecule has 0 aliphatic rings. The van der Waals surface area contributed by atoms with Crippen LogP contribution in [0.25, 0.3) is 0 Å². The highest BCUT2D eigenvalue weighted by Gasteiger charge is 2.16. The standard InChI is InChI=1S/C20H25NO5/c1-4-26-18-8-6-5-7-16(18)21-20(23)12-11-17(22)15-10-9-14(24-2)13-19(15)25-3/h5-10,13,17,22H,4,11-12H2,1-3H3,(H,21,23). The van der Waals surface area contributed by atoms with Crippen molar-refractivity contribution in [3.8, 4) is 17.2 Å². The molecular formula is C20H25NO5. The molecule has 140 valence electrons. The van der Waals surface area contributed by atoms with Crippen molar-refractivity contribution in [3.63, 3.8) is 0 Å². The lowest BCUT2D eigenvalue weighted by Crippen LogP contribution is -2.14. The van der Waals surface area contributed by atoms with E-state index in [2.05, 4.69) is 5.32 Å². The highest BCUT2D eigenvalue weighted by molar-refractivity contribution is 5.92. The van der Waals surface area contributed by atoms with E-state index < -0.39 is 6.10 Å². The summed E-state index contributed by atoms with van der Waals surface area (Å²) in [6, 6.07) is 12.5. The lowest BCUT2D eigenvalue weighted by atomic mass is 10.0. The smallest absolute Gasteiger partial charge is 0.224 e. The third kappa shape index (κ3) is 5.13. The number of benzene rings is 2. The molecule has 0 saturated carbocycles. The van der Waals surface area contributed by atoms with Crippen LogP contribution in [-0.2, 0) is 4.79 Å². The Morgan fingerprint density at radius 1 is 1.12 bits per heavy atom. The van der Waals surface area contributed by atoms with Gasteiger partial charge in [0.2, 0.25) is 5.91 Å². The number of ether oxygens (including phenoxy) is 3. The molecule has 1 atom stereocenters. The van der Waals surface area contributed by atoms with Crippen LogP contribution in [0.5, 0.6) is 17.2 Å². The lowest BCUT2D eigenvalue weighted by molar-refractivity contribution is -0.116. The zero-order valence-electron chi connectivity index (χ0n) is 15.3. The number of anilines is 1. The van der Waals surface area contributed by atoms with E-state index in [-0.39, 0.29) is 18.7 Å². The molecule has 2 N–H and O–H groups in total. The molecule has 0 aliphatic carbocycles. The molecule has 0 aromatic heterocycles. The molecule has 26 heavy (non-hydrogen) atoms. The van der Waals surface area contributed by atoms with Gasteiger partial charge in [0.05, 0.1) is 32.6 Å². The maximum Gasteiger partial charge on any atom is 0.224 e. The average Bonchev–Trinajstić information content (AvgIpc) is 2.67. The first-order valence-electron chi connectivity index (χ1n) is 8.50. The van der Waals surface area contributed by atoms with Gasteiger partial charge in [0, 0.05) is 18.1 Å². The predicted molar refractivity (Wildman–Crippen MR) is 100.0 cm³/mol. The second-order valence-corrected chi connectivity index (χ2v) is 5.64. The van der Waals surface area contributed by atoms with Gasteiger partial charge >= 0.3 is 0 Å². The van der Waals surface area contributed by atoms with Crippen molar-refractivity contribution in [2.75, 3.05) is 26.1 Å². The first-order valence-corrected chi connectivity index (χ1v) is 8.50. The summed E-state index contributed by atoms with van der Waals surface area (Å²) in [5, 5.41) is 13.2. The Bertz CT molecular complexity index is 732. The van der Waals surface area contributed by atoms with Gasteiger partial charge in [-0.05, 0) is 37.6 Å². The number of amides is 1. The van der Waals surface area contributed by atoms with E-state index in [0.29, 0.717) is 35.1 Å². The largest absolute Gasteiger partial charge is 0.497 e. The molecule has 6 nitrogen and oxygen atoms in total. The number of carbonyl (C=O) groups excluding carboxylic acids is 1. The van der Waals surface area contributed by atoms with Crippen LogP contribution in [0.3, 0.4) is 0 Å². The van der Waals surface area contributed by atoms with Gasteiger partial charge in [-0.3, -0.25) is 4.79 Å². The van der Waals surface area contributed by atoms with Crippen LogP contribution in [0.1, 0.15) is 31.4 Å². The molecule has 2 aromatic carbocycles. The molecule has 1 amide bonds. The molecule has 0 heterocycles. The number of rotatable bonds is 9. The Morgan fingerprint density at radius 2 is 1.88 bits per heavy atom. The number of hydrogen-bond donors (Lipinski definition) is 2. The number of methoxy groups -OCH3 is 2. The lowest BCUT2D eigenvalue weighted by Gasteiger charge is -2.16. The van der Waals surface area contributed by atoms with Crippen LogP contribution >= 0.6 is 0 Å². The van der Waals surface area contributed by atoms with Gasteiger partial charge in [-0.25, -0.2) is 0 Å². The zero-order chi connectivity index (χ0) is 18.9. The van der Waals surface area contributed by atoms with Gasteiger partial charge in [-0.1, -0.05) is 12.1 Å². The van der Waals surface area contributed by atoms with E-state index in [4.69, 9.17) is 14.2 Å². The molecule has 0 fully saturated rings. The third-order valence-electron chi connectivity index (χ3n) is 3.91. The first-order chi connectivity index (χ1) is 12.6. The van der Waals surface area contributed by atoms with Crippen LogP contribution in [-0.4, -0.2) is 31.8 Å². The van der Waals surface area contributed by atoms with Gasteiger partial charge in [-0.2, -0.15) is 0 Å². The Morgan fingerprint density at radius 3 is 2.58 bits per heavy atom. The fourth-order valence-corrected chi connectivity index (χ4v) is 2.58. The van der Waals surface area contributed by atoms with Crippen molar-refractivity contribution in [2.24, 2.45) is 0 Å². The Labute approximate surface area is 153 Å². The molecule has 2 aromatic rings. The van der Waals surface area contributed by atoms with E-state index in [1.54, 1.807) is 37.4 Å². The average molecular weight is 359 g/mol. The highest BCUT2D eigenvalue weighted by Crippen LogP contribution is 2.32. The molecule has 2 rings (SSSR count). The Balaban J connectivity index is 1.97. The second-order valence-electron chi connectivity index (χ2n) is 5.64. The maximum absolute atomic E-state index is 12.2. The molecule has 6 heteroatoms. The van der Waals surface area contributed by atoms with Crippen molar-refractivity contribution >= 4 is 11.6 Å². The minimum atomic E-state index is -0.816. The zero-order valence-corrected chi connectivity index (χ0v) is 15.3. The highest BCUT2D eigenvalue weighted by atomic mass is 16.5. The number of carbonyl (C=O) groups is 1. The van der Waals surface area contributed by atoms with Gasteiger partial charge in [0.1, 0.15) is 17.2 Å². The van der Waals surface area contributed by atoms with Crippen LogP contribution in [0.15, 0.2) is 42.5 Å². The van der Waals surface area contributed by atoms with Gasteiger partial charge in [0.15, 0.2) is 0 Å². The molecule has 0 saturated heterocycles. The van der Waals surface area contributed by atoms with Crippen molar-refractivity contribution in [1.82, 2.24) is 0 Å². The minimum absolute atomic E-state index is 0.164. The summed E-state index contributed by atoms with van der Waals surface area (Å²) in [4.78, 5) is 12.2. The number of aliphatic hydroxyl groups is 1. The molecule has 0 radical (unpaired) electrons. The number of hydrogen-bond acceptors (Lipinski definition) is 5. The van der Waals surface area contributed by atoms with Gasteiger partial charge < -0.3 is 24.6 Å². The summed E-state index contributed by atoms with van der Waals surface area (Å²) < 4.78 is 15.9.